The number of benzene rings is 2. The fourth-order valence-corrected chi connectivity index (χ4v) is 2.89. The topological polar surface area (TPSA) is 84.2 Å². The van der Waals surface area contributed by atoms with Crippen LogP contribution in [-0.2, 0) is 13.2 Å². The van der Waals surface area contributed by atoms with Crippen LogP contribution in [0, 0.1) is 18.3 Å². The summed E-state index contributed by atoms with van der Waals surface area (Å²) < 4.78 is 17.2. The molecule has 0 bridgehead atoms. The van der Waals surface area contributed by atoms with E-state index in [0.29, 0.717) is 34.7 Å². The van der Waals surface area contributed by atoms with Crippen molar-refractivity contribution in [1.29, 1.82) is 5.26 Å². The predicted molar refractivity (Wildman–Crippen MR) is 113 cm³/mol. The molecule has 0 unspecified atom stereocenters. The van der Waals surface area contributed by atoms with Crippen LogP contribution in [0.5, 0.6) is 5.75 Å². The number of furan rings is 1. The molecule has 4 rings (SSSR count). The Labute approximate surface area is 178 Å². The largest absolute Gasteiger partial charge is 0.486 e. The molecule has 0 spiro atoms. The van der Waals surface area contributed by atoms with Gasteiger partial charge < -0.3 is 18.9 Å². The molecule has 0 saturated carbocycles. The summed E-state index contributed by atoms with van der Waals surface area (Å²) in [5, 5.41) is 13.1. The van der Waals surface area contributed by atoms with E-state index in [1.54, 1.807) is 36.4 Å². The van der Waals surface area contributed by atoms with Crippen LogP contribution in [0.2, 0.25) is 5.02 Å². The molecule has 4 aromatic rings. The minimum absolute atomic E-state index is 0.174. The number of oxazole rings is 1. The number of nitriles is 1. The zero-order valence-corrected chi connectivity index (χ0v) is 16.9. The number of aromatic nitrogens is 1. The first-order chi connectivity index (χ1) is 14.6. The number of halogens is 1. The maximum absolute atomic E-state index is 9.37. The van der Waals surface area contributed by atoms with Gasteiger partial charge in [0.2, 0.25) is 11.6 Å². The van der Waals surface area contributed by atoms with Crippen molar-refractivity contribution in [3.05, 3.63) is 88.3 Å². The molecule has 7 heteroatoms. The Bertz CT molecular complexity index is 1170. The lowest BCUT2D eigenvalue weighted by atomic mass is 10.1. The Morgan fingerprint density at radius 3 is 2.53 bits per heavy atom. The van der Waals surface area contributed by atoms with Gasteiger partial charge in [-0.05, 0) is 48.9 Å². The molecule has 0 radical (unpaired) electrons. The highest BCUT2D eigenvalue weighted by Gasteiger charge is 2.17. The number of ether oxygens (including phenoxy) is 1. The van der Waals surface area contributed by atoms with Gasteiger partial charge in [0.1, 0.15) is 24.2 Å². The zero-order chi connectivity index (χ0) is 20.9. The Morgan fingerprint density at radius 2 is 1.80 bits per heavy atom. The third-order valence-electron chi connectivity index (χ3n) is 4.37. The lowest BCUT2D eigenvalue weighted by molar-refractivity contribution is 0.271. The summed E-state index contributed by atoms with van der Waals surface area (Å²) in [4.78, 5) is 4.23. The van der Waals surface area contributed by atoms with Gasteiger partial charge >= 0.3 is 0 Å². The number of aryl methyl sites for hydroxylation is 1. The third kappa shape index (κ3) is 4.65. The third-order valence-corrected chi connectivity index (χ3v) is 4.63. The van der Waals surface area contributed by atoms with Gasteiger partial charge in [0, 0.05) is 11.6 Å². The van der Waals surface area contributed by atoms with E-state index in [1.807, 2.05) is 37.3 Å². The van der Waals surface area contributed by atoms with Gasteiger partial charge in [-0.3, -0.25) is 0 Å². The Balaban J connectivity index is 1.43. The van der Waals surface area contributed by atoms with Gasteiger partial charge in [0.15, 0.2) is 5.76 Å². The molecule has 2 heterocycles. The highest BCUT2D eigenvalue weighted by molar-refractivity contribution is 6.30. The molecular formula is C23H18ClN3O3. The molecule has 0 aliphatic rings. The van der Waals surface area contributed by atoms with Crippen molar-refractivity contribution in [2.75, 3.05) is 5.32 Å². The fraction of sp³-hybridized carbons (Fsp3) is 0.130. The Morgan fingerprint density at radius 1 is 1.03 bits per heavy atom. The van der Waals surface area contributed by atoms with Gasteiger partial charge in [0.05, 0.1) is 0 Å². The SMILES string of the molecule is Cc1ccc(CNc2oc(-c3ccc(COc4ccc(Cl)cc4)o3)nc2C#N)cc1. The summed E-state index contributed by atoms with van der Waals surface area (Å²) in [6, 6.07) is 20.7. The number of rotatable bonds is 7. The quantitative estimate of drug-likeness (QED) is 0.398. The van der Waals surface area contributed by atoms with Crippen LogP contribution in [0.4, 0.5) is 5.88 Å². The van der Waals surface area contributed by atoms with Crippen molar-refractivity contribution in [3.63, 3.8) is 0 Å². The first-order valence-corrected chi connectivity index (χ1v) is 9.66. The van der Waals surface area contributed by atoms with Gasteiger partial charge in [-0.2, -0.15) is 10.2 Å². The minimum Gasteiger partial charge on any atom is -0.486 e. The molecule has 0 aliphatic carbocycles. The van der Waals surface area contributed by atoms with Crippen molar-refractivity contribution in [2.24, 2.45) is 0 Å². The summed E-state index contributed by atoms with van der Waals surface area (Å²) in [5.41, 5.74) is 2.43. The summed E-state index contributed by atoms with van der Waals surface area (Å²) in [6.07, 6.45) is 0. The average Bonchev–Trinajstić information content (AvgIpc) is 3.40. The molecule has 0 saturated heterocycles. The monoisotopic (exact) mass is 419 g/mol. The van der Waals surface area contributed by atoms with E-state index < -0.39 is 0 Å². The van der Waals surface area contributed by atoms with E-state index in [9.17, 15) is 5.26 Å². The van der Waals surface area contributed by atoms with Gasteiger partial charge in [-0.1, -0.05) is 41.4 Å². The minimum atomic E-state index is 0.174. The Kier molecular flexibility index (Phi) is 5.73. The molecule has 150 valence electrons. The fourth-order valence-electron chi connectivity index (χ4n) is 2.77. The molecule has 0 atom stereocenters. The highest BCUT2D eigenvalue weighted by Crippen LogP contribution is 2.28. The molecule has 1 N–H and O–H groups in total. The summed E-state index contributed by atoms with van der Waals surface area (Å²) in [5.74, 6) is 2.25. The van der Waals surface area contributed by atoms with Crippen LogP contribution in [-0.4, -0.2) is 4.98 Å². The van der Waals surface area contributed by atoms with Crippen LogP contribution in [0.15, 0.2) is 69.5 Å². The molecule has 2 aromatic heterocycles. The van der Waals surface area contributed by atoms with Gasteiger partial charge in [0.25, 0.3) is 5.89 Å². The van der Waals surface area contributed by atoms with Crippen LogP contribution in [0.3, 0.4) is 0 Å². The number of hydrogen-bond donors (Lipinski definition) is 1. The van der Waals surface area contributed by atoms with Crippen molar-refractivity contribution in [2.45, 2.75) is 20.1 Å². The second-order valence-corrected chi connectivity index (χ2v) is 7.09. The summed E-state index contributed by atoms with van der Waals surface area (Å²) in [7, 11) is 0. The summed E-state index contributed by atoms with van der Waals surface area (Å²) >= 11 is 5.87. The highest BCUT2D eigenvalue weighted by atomic mass is 35.5. The van der Waals surface area contributed by atoms with Gasteiger partial charge in [-0.15, -0.1) is 0 Å². The number of anilines is 1. The lowest BCUT2D eigenvalue weighted by Gasteiger charge is -2.04. The number of hydrogen-bond acceptors (Lipinski definition) is 6. The van der Waals surface area contributed by atoms with Gasteiger partial charge in [-0.25, -0.2) is 0 Å². The number of nitrogens with zero attached hydrogens (tertiary/aromatic N) is 2. The maximum Gasteiger partial charge on any atom is 0.266 e. The second kappa shape index (κ2) is 8.76. The maximum atomic E-state index is 9.37. The van der Waals surface area contributed by atoms with Crippen LogP contribution >= 0.6 is 11.6 Å². The first-order valence-electron chi connectivity index (χ1n) is 9.28. The van der Waals surface area contributed by atoms with E-state index >= 15 is 0 Å². The van der Waals surface area contributed by atoms with E-state index in [2.05, 4.69) is 10.3 Å². The molecule has 0 fully saturated rings. The van der Waals surface area contributed by atoms with Crippen molar-refractivity contribution in [1.82, 2.24) is 4.98 Å². The molecule has 0 amide bonds. The van der Waals surface area contributed by atoms with Crippen LogP contribution in [0.1, 0.15) is 22.6 Å². The second-order valence-electron chi connectivity index (χ2n) is 6.66. The van der Waals surface area contributed by atoms with Crippen LogP contribution < -0.4 is 10.1 Å². The molecule has 2 aromatic carbocycles. The molecule has 6 nitrogen and oxygen atoms in total. The molecule has 0 aliphatic heterocycles. The van der Waals surface area contributed by atoms with E-state index in [4.69, 9.17) is 25.2 Å². The zero-order valence-electron chi connectivity index (χ0n) is 16.2. The van der Waals surface area contributed by atoms with E-state index in [-0.39, 0.29) is 18.2 Å². The first kappa shape index (κ1) is 19.6. The summed E-state index contributed by atoms with van der Waals surface area (Å²) in [6.45, 7) is 2.79. The smallest absolute Gasteiger partial charge is 0.266 e. The van der Waals surface area contributed by atoms with Crippen LogP contribution in [0.25, 0.3) is 11.7 Å². The van der Waals surface area contributed by atoms with Crippen molar-refractivity contribution < 1.29 is 13.6 Å². The standard InChI is InChI=1S/C23H18ClN3O3/c1-15-2-4-16(5-3-15)13-26-22-20(12-25)27-23(30-22)21-11-10-19(29-21)14-28-18-8-6-17(24)7-9-18/h2-11,26H,13-14H2,1H3. The van der Waals surface area contributed by atoms with Crippen molar-refractivity contribution >= 4 is 17.5 Å². The molecular weight excluding hydrogens is 402 g/mol. The lowest BCUT2D eigenvalue weighted by Crippen LogP contribution is -1.99. The predicted octanol–water partition coefficient (Wildman–Crippen LogP) is 5.96. The molecule has 30 heavy (non-hydrogen) atoms. The normalized spacial score (nSPS) is 10.6. The Hall–Kier alpha value is -3.69. The average molecular weight is 420 g/mol. The van der Waals surface area contributed by atoms with Crippen molar-refractivity contribution in [3.8, 4) is 23.5 Å². The number of nitrogens with one attached hydrogen (secondary N) is 1. The van der Waals surface area contributed by atoms with E-state index in [0.717, 1.165) is 5.56 Å². The van der Waals surface area contributed by atoms with E-state index in [1.165, 1.54) is 5.56 Å².